The third-order valence-electron chi connectivity index (χ3n) is 3.22. The van der Waals surface area contributed by atoms with Crippen molar-refractivity contribution in [2.75, 3.05) is 26.2 Å². The van der Waals surface area contributed by atoms with Crippen molar-refractivity contribution >= 4 is 6.09 Å². The molecule has 17 heavy (non-hydrogen) atoms. The molecule has 4 heteroatoms. The van der Waals surface area contributed by atoms with Crippen LogP contribution in [0.1, 0.15) is 34.6 Å². The van der Waals surface area contributed by atoms with Crippen molar-refractivity contribution in [1.82, 2.24) is 9.80 Å². The first kappa shape index (κ1) is 14.3. The average molecular weight is 242 g/mol. The Morgan fingerprint density at radius 2 is 1.94 bits per heavy atom. The maximum Gasteiger partial charge on any atom is 0.407 e. The van der Waals surface area contributed by atoms with Gasteiger partial charge in [-0.05, 0) is 11.3 Å². The highest BCUT2D eigenvalue weighted by molar-refractivity contribution is 5.65. The molecule has 1 amide bonds. The van der Waals surface area contributed by atoms with Gasteiger partial charge in [0.25, 0.3) is 0 Å². The van der Waals surface area contributed by atoms with E-state index in [1.807, 2.05) is 0 Å². The van der Waals surface area contributed by atoms with Crippen LogP contribution in [-0.4, -0.2) is 53.2 Å². The molecule has 0 saturated carbocycles. The second-order valence-corrected chi connectivity index (χ2v) is 6.58. The van der Waals surface area contributed by atoms with Gasteiger partial charge in [-0.15, -0.1) is 0 Å². The summed E-state index contributed by atoms with van der Waals surface area (Å²) in [6.07, 6.45) is -0.779. The van der Waals surface area contributed by atoms with Crippen LogP contribution < -0.4 is 0 Å². The quantitative estimate of drug-likeness (QED) is 0.808. The Morgan fingerprint density at radius 1 is 1.35 bits per heavy atom. The third kappa shape index (κ3) is 4.19. The van der Waals surface area contributed by atoms with Crippen LogP contribution in [0, 0.1) is 11.3 Å². The van der Waals surface area contributed by atoms with Crippen molar-refractivity contribution in [3.63, 3.8) is 0 Å². The van der Waals surface area contributed by atoms with Gasteiger partial charge >= 0.3 is 6.09 Å². The van der Waals surface area contributed by atoms with E-state index >= 15 is 0 Å². The molecule has 100 valence electrons. The smallest absolute Gasteiger partial charge is 0.407 e. The number of carbonyl (C=O) groups is 1. The van der Waals surface area contributed by atoms with Gasteiger partial charge in [0.05, 0.1) is 6.04 Å². The van der Waals surface area contributed by atoms with Crippen molar-refractivity contribution in [2.24, 2.45) is 11.3 Å². The average Bonchev–Trinajstić information content (AvgIpc) is 2.14. The fourth-order valence-electron chi connectivity index (χ4n) is 2.49. The lowest BCUT2D eigenvalue weighted by Gasteiger charge is -2.43. The van der Waals surface area contributed by atoms with Crippen LogP contribution >= 0.6 is 0 Å². The van der Waals surface area contributed by atoms with Gasteiger partial charge in [0.2, 0.25) is 0 Å². The van der Waals surface area contributed by atoms with E-state index < -0.39 is 6.09 Å². The molecular weight excluding hydrogens is 216 g/mol. The molecule has 1 aliphatic rings. The first-order valence-corrected chi connectivity index (χ1v) is 6.42. The molecule has 1 N–H and O–H groups in total. The topological polar surface area (TPSA) is 43.8 Å². The standard InChI is InChI=1S/C13H26N2O2/c1-10(2)11-8-14(9-13(3,4)5)6-7-15(11)12(16)17/h10-11H,6-9H2,1-5H3,(H,16,17)/t11-/m1/s1. The van der Waals surface area contributed by atoms with E-state index in [1.165, 1.54) is 0 Å². The molecule has 4 nitrogen and oxygen atoms in total. The molecule has 0 aliphatic carbocycles. The van der Waals surface area contributed by atoms with E-state index in [4.69, 9.17) is 0 Å². The number of piperazine rings is 1. The van der Waals surface area contributed by atoms with Crippen LogP contribution in [0.4, 0.5) is 4.79 Å². The van der Waals surface area contributed by atoms with Gasteiger partial charge in [0.1, 0.15) is 0 Å². The SMILES string of the molecule is CC(C)[C@H]1CN(CC(C)(C)C)CCN1C(=O)O. The summed E-state index contributed by atoms with van der Waals surface area (Å²) in [6, 6.07) is 0.128. The van der Waals surface area contributed by atoms with E-state index in [1.54, 1.807) is 4.90 Å². The number of nitrogens with zero attached hydrogens (tertiary/aromatic N) is 2. The normalized spacial score (nSPS) is 23.2. The zero-order chi connectivity index (χ0) is 13.2. The van der Waals surface area contributed by atoms with Crippen molar-refractivity contribution in [2.45, 2.75) is 40.7 Å². The van der Waals surface area contributed by atoms with Crippen molar-refractivity contribution < 1.29 is 9.90 Å². The van der Waals surface area contributed by atoms with E-state index in [-0.39, 0.29) is 11.5 Å². The van der Waals surface area contributed by atoms with Gasteiger partial charge in [-0.3, -0.25) is 4.90 Å². The highest BCUT2D eigenvalue weighted by Crippen LogP contribution is 2.21. The number of hydrogen-bond acceptors (Lipinski definition) is 2. The molecule has 1 heterocycles. The summed E-state index contributed by atoms with van der Waals surface area (Å²) in [5.41, 5.74) is 0.271. The number of carboxylic acid groups (broad SMARTS) is 1. The molecule has 0 aromatic heterocycles. The second kappa shape index (κ2) is 5.25. The summed E-state index contributed by atoms with van der Waals surface area (Å²) >= 11 is 0. The van der Waals surface area contributed by atoms with Crippen molar-refractivity contribution in [1.29, 1.82) is 0 Å². The molecule has 0 radical (unpaired) electrons. The lowest BCUT2D eigenvalue weighted by atomic mass is 9.93. The van der Waals surface area contributed by atoms with Crippen LogP contribution in [0.3, 0.4) is 0 Å². The number of rotatable bonds is 2. The lowest BCUT2D eigenvalue weighted by molar-refractivity contribution is 0.0369. The largest absolute Gasteiger partial charge is 0.465 e. The molecule has 0 aromatic carbocycles. The highest BCUT2D eigenvalue weighted by Gasteiger charge is 2.33. The minimum absolute atomic E-state index is 0.128. The van der Waals surface area contributed by atoms with Crippen LogP contribution in [0.25, 0.3) is 0 Å². The van der Waals surface area contributed by atoms with E-state index in [9.17, 15) is 9.90 Å². The first-order valence-electron chi connectivity index (χ1n) is 6.42. The zero-order valence-electron chi connectivity index (χ0n) is 11.7. The number of hydrogen-bond donors (Lipinski definition) is 1. The molecule has 0 aromatic rings. The molecule has 0 unspecified atom stereocenters. The van der Waals surface area contributed by atoms with Crippen molar-refractivity contribution in [3.8, 4) is 0 Å². The first-order chi connectivity index (χ1) is 7.70. The molecule has 1 aliphatic heterocycles. The summed E-state index contributed by atoms with van der Waals surface area (Å²) in [6.45, 7) is 14.2. The maximum atomic E-state index is 11.2. The Labute approximate surface area is 105 Å². The molecule has 1 fully saturated rings. The molecule has 1 saturated heterocycles. The van der Waals surface area contributed by atoms with Crippen LogP contribution in [0.2, 0.25) is 0 Å². The monoisotopic (exact) mass is 242 g/mol. The summed E-state index contributed by atoms with van der Waals surface area (Å²) in [7, 11) is 0. The van der Waals surface area contributed by atoms with Gasteiger partial charge in [-0.2, -0.15) is 0 Å². The van der Waals surface area contributed by atoms with Gasteiger partial charge < -0.3 is 10.0 Å². The van der Waals surface area contributed by atoms with E-state index in [0.717, 1.165) is 19.6 Å². The summed E-state index contributed by atoms with van der Waals surface area (Å²) in [4.78, 5) is 15.2. The molecule has 0 spiro atoms. The summed E-state index contributed by atoms with van der Waals surface area (Å²) in [5.74, 6) is 0.369. The third-order valence-corrected chi connectivity index (χ3v) is 3.22. The Bertz CT molecular complexity index is 271. The highest BCUT2D eigenvalue weighted by atomic mass is 16.4. The van der Waals surface area contributed by atoms with Gasteiger partial charge in [-0.25, -0.2) is 4.79 Å². The summed E-state index contributed by atoms with van der Waals surface area (Å²) in [5, 5.41) is 9.18. The molecular formula is C13H26N2O2. The zero-order valence-corrected chi connectivity index (χ0v) is 11.7. The second-order valence-electron chi connectivity index (χ2n) is 6.58. The Morgan fingerprint density at radius 3 is 2.35 bits per heavy atom. The number of amides is 1. The minimum atomic E-state index is -0.779. The molecule has 1 rings (SSSR count). The van der Waals surface area contributed by atoms with Crippen molar-refractivity contribution in [3.05, 3.63) is 0 Å². The fraction of sp³-hybridized carbons (Fsp3) is 0.923. The van der Waals surface area contributed by atoms with Crippen LogP contribution in [0.5, 0.6) is 0 Å². The van der Waals surface area contributed by atoms with Gasteiger partial charge in [-0.1, -0.05) is 34.6 Å². The predicted octanol–water partition coefficient (Wildman–Crippen LogP) is 2.35. The minimum Gasteiger partial charge on any atom is -0.465 e. The fourth-order valence-corrected chi connectivity index (χ4v) is 2.49. The Kier molecular flexibility index (Phi) is 4.42. The van der Waals surface area contributed by atoms with Gasteiger partial charge in [0, 0.05) is 26.2 Å². The van der Waals surface area contributed by atoms with E-state index in [0.29, 0.717) is 12.5 Å². The predicted molar refractivity (Wildman–Crippen MR) is 69.3 cm³/mol. The van der Waals surface area contributed by atoms with E-state index in [2.05, 4.69) is 39.5 Å². The molecule has 1 atom stereocenters. The van der Waals surface area contributed by atoms with Crippen LogP contribution in [0.15, 0.2) is 0 Å². The van der Waals surface area contributed by atoms with Gasteiger partial charge in [0.15, 0.2) is 0 Å². The maximum absolute atomic E-state index is 11.2. The Hall–Kier alpha value is -0.770. The Balaban J connectivity index is 2.65. The van der Waals surface area contributed by atoms with Crippen LogP contribution in [-0.2, 0) is 0 Å². The lowest BCUT2D eigenvalue weighted by Crippen LogP contribution is -2.57. The summed E-state index contributed by atoms with van der Waals surface area (Å²) < 4.78 is 0. The molecule has 0 bridgehead atoms.